The Morgan fingerprint density at radius 3 is 2.60 bits per heavy atom. The molecule has 3 N–H and O–H groups in total. The Balaban J connectivity index is 1.85. The third-order valence-electron chi connectivity index (χ3n) is 3.98. The third-order valence-corrected chi connectivity index (χ3v) is 3.98. The second kappa shape index (κ2) is 6.86. The molecule has 6 heteroatoms. The summed E-state index contributed by atoms with van der Waals surface area (Å²) in [7, 11) is 0. The van der Waals surface area contributed by atoms with E-state index in [1.807, 2.05) is 0 Å². The Hall–Kier alpha value is -2.99. The van der Waals surface area contributed by atoms with Crippen molar-refractivity contribution in [1.29, 1.82) is 0 Å². The average molecular weight is 341 g/mol. The van der Waals surface area contributed by atoms with Crippen LogP contribution in [-0.4, -0.2) is 23.2 Å². The largest absolute Gasteiger partial charge is 0.504 e. The van der Waals surface area contributed by atoms with Gasteiger partial charge in [0, 0.05) is 19.4 Å². The lowest BCUT2D eigenvalue weighted by atomic mass is 9.91. The Kier molecular flexibility index (Phi) is 4.63. The number of halogens is 1. The summed E-state index contributed by atoms with van der Waals surface area (Å²) < 4.78 is 18.5. The fourth-order valence-corrected chi connectivity index (χ4v) is 2.67. The standard InChI is InChI=1S/C19H16FNO4/c20-13-4-1-11(2-5-13)9-14-6-8-16(25-14)19(24)17-12(10-21)3-7-15(22)18(17)23/h1-6,8,23H,7,9-10,21H2. The number of hydrogen-bond acceptors (Lipinski definition) is 5. The molecule has 0 unspecified atom stereocenters. The highest BCUT2D eigenvalue weighted by atomic mass is 19.1. The number of carbonyl (C=O) groups excluding carboxylic acids is 2. The lowest BCUT2D eigenvalue weighted by Gasteiger charge is -2.14. The fraction of sp³-hybridized carbons (Fsp3) is 0.158. The quantitative estimate of drug-likeness (QED) is 0.816. The lowest BCUT2D eigenvalue weighted by molar-refractivity contribution is -0.117. The number of carbonyl (C=O) groups is 2. The van der Waals surface area contributed by atoms with Crippen molar-refractivity contribution in [3.05, 3.63) is 82.3 Å². The predicted octanol–water partition coefficient (Wildman–Crippen LogP) is 2.86. The van der Waals surface area contributed by atoms with E-state index in [9.17, 15) is 19.1 Å². The number of benzene rings is 1. The summed E-state index contributed by atoms with van der Waals surface area (Å²) in [5, 5.41) is 9.97. The normalized spacial score (nSPS) is 14.6. The van der Waals surface area contributed by atoms with E-state index in [1.165, 1.54) is 24.3 Å². The molecule has 1 aromatic carbocycles. The van der Waals surface area contributed by atoms with Gasteiger partial charge in [0.05, 0.1) is 5.57 Å². The first-order valence-electron chi connectivity index (χ1n) is 7.73. The Labute approximate surface area is 143 Å². The van der Waals surface area contributed by atoms with E-state index >= 15 is 0 Å². The molecule has 1 heterocycles. The SMILES string of the molecule is NCC1=CCC(=O)C(O)=C1C(=O)c1ccc(Cc2ccc(F)cc2)o1. The minimum Gasteiger partial charge on any atom is -0.504 e. The number of furan rings is 1. The summed E-state index contributed by atoms with van der Waals surface area (Å²) in [6, 6.07) is 9.06. The van der Waals surface area contributed by atoms with Gasteiger partial charge in [-0.2, -0.15) is 0 Å². The summed E-state index contributed by atoms with van der Waals surface area (Å²) in [6.07, 6.45) is 1.94. The zero-order valence-corrected chi connectivity index (χ0v) is 13.3. The van der Waals surface area contributed by atoms with Crippen LogP contribution in [0.5, 0.6) is 0 Å². The van der Waals surface area contributed by atoms with Crippen molar-refractivity contribution in [1.82, 2.24) is 0 Å². The first-order valence-corrected chi connectivity index (χ1v) is 7.73. The van der Waals surface area contributed by atoms with Gasteiger partial charge in [-0.3, -0.25) is 9.59 Å². The van der Waals surface area contributed by atoms with Crippen molar-refractivity contribution in [3.63, 3.8) is 0 Å². The monoisotopic (exact) mass is 341 g/mol. The van der Waals surface area contributed by atoms with Crippen molar-refractivity contribution in [2.24, 2.45) is 5.73 Å². The number of allylic oxidation sites excluding steroid dienone is 2. The van der Waals surface area contributed by atoms with Gasteiger partial charge in [0.1, 0.15) is 11.6 Å². The number of hydrogen-bond donors (Lipinski definition) is 2. The molecule has 0 spiro atoms. The van der Waals surface area contributed by atoms with Crippen LogP contribution in [0.2, 0.25) is 0 Å². The van der Waals surface area contributed by atoms with Gasteiger partial charge >= 0.3 is 0 Å². The van der Waals surface area contributed by atoms with Crippen LogP contribution < -0.4 is 5.73 Å². The van der Waals surface area contributed by atoms with Crippen LogP contribution in [0.1, 0.15) is 28.3 Å². The molecule has 0 saturated heterocycles. The summed E-state index contributed by atoms with van der Waals surface area (Å²) in [5.74, 6) is -1.51. The van der Waals surface area contributed by atoms with Crippen LogP contribution in [0.4, 0.5) is 4.39 Å². The zero-order valence-electron chi connectivity index (χ0n) is 13.3. The third kappa shape index (κ3) is 3.44. The van der Waals surface area contributed by atoms with Gasteiger partial charge in [-0.25, -0.2) is 4.39 Å². The average Bonchev–Trinajstić information content (AvgIpc) is 3.07. The smallest absolute Gasteiger partial charge is 0.232 e. The van der Waals surface area contributed by atoms with Gasteiger partial charge < -0.3 is 15.3 Å². The van der Waals surface area contributed by atoms with E-state index in [0.29, 0.717) is 17.8 Å². The maximum atomic E-state index is 12.9. The number of aliphatic hydroxyl groups excluding tert-OH is 1. The highest BCUT2D eigenvalue weighted by Gasteiger charge is 2.29. The molecule has 3 rings (SSSR count). The van der Waals surface area contributed by atoms with Gasteiger partial charge in [-0.05, 0) is 35.4 Å². The van der Waals surface area contributed by atoms with Gasteiger partial charge in [-0.1, -0.05) is 18.2 Å². The van der Waals surface area contributed by atoms with Crippen LogP contribution in [-0.2, 0) is 11.2 Å². The van der Waals surface area contributed by atoms with Gasteiger partial charge in [0.15, 0.2) is 11.5 Å². The molecule has 0 radical (unpaired) electrons. The molecule has 0 fully saturated rings. The molecule has 1 aliphatic carbocycles. The lowest BCUT2D eigenvalue weighted by Crippen LogP contribution is -2.21. The van der Waals surface area contributed by atoms with Crippen molar-refractivity contribution < 1.29 is 23.5 Å². The molecule has 0 saturated carbocycles. The number of nitrogens with two attached hydrogens (primary N) is 1. The first-order chi connectivity index (χ1) is 12.0. The second-order valence-electron chi connectivity index (χ2n) is 5.68. The van der Waals surface area contributed by atoms with Crippen LogP contribution in [0.3, 0.4) is 0 Å². The second-order valence-corrected chi connectivity index (χ2v) is 5.68. The van der Waals surface area contributed by atoms with Crippen molar-refractivity contribution >= 4 is 11.6 Å². The van der Waals surface area contributed by atoms with Gasteiger partial charge in [0.25, 0.3) is 0 Å². The molecule has 0 aliphatic heterocycles. The van der Waals surface area contributed by atoms with Crippen LogP contribution in [0.15, 0.2) is 63.8 Å². The molecule has 1 aliphatic rings. The molecular formula is C19H16FNO4. The highest BCUT2D eigenvalue weighted by molar-refractivity contribution is 6.15. The van der Waals surface area contributed by atoms with Crippen LogP contribution >= 0.6 is 0 Å². The molecule has 5 nitrogen and oxygen atoms in total. The zero-order chi connectivity index (χ0) is 18.0. The van der Waals surface area contributed by atoms with Crippen molar-refractivity contribution in [2.75, 3.05) is 6.54 Å². The van der Waals surface area contributed by atoms with E-state index in [-0.39, 0.29) is 30.1 Å². The van der Waals surface area contributed by atoms with E-state index in [0.717, 1.165) is 5.56 Å². The van der Waals surface area contributed by atoms with Crippen LogP contribution in [0.25, 0.3) is 0 Å². The van der Waals surface area contributed by atoms with Gasteiger partial charge in [-0.15, -0.1) is 0 Å². The molecule has 128 valence electrons. The number of Topliss-reactive ketones (excluding diaryl/α,β-unsaturated/α-hetero) is 2. The molecular weight excluding hydrogens is 325 g/mol. The minimum atomic E-state index is -0.590. The number of rotatable bonds is 5. The minimum absolute atomic E-state index is 0.00714. The molecule has 2 aromatic rings. The summed E-state index contributed by atoms with van der Waals surface area (Å²) in [5.41, 5.74) is 6.73. The fourth-order valence-electron chi connectivity index (χ4n) is 2.67. The number of aliphatic hydroxyl groups is 1. The summed E-state index contributed by atoms with van der Waals surface area (Å²) in [6.45, 7) is 0.0293. The molecule has 0 bridgehead atoms. The Morgan fingerprint density at radius 2 is 1.92 bits per heavy atom. The predicted molar refractivity (Wildman–Crippen MR) is 88.7 cm³/mol. The summed E-state index contributed by atoms with van der Waals surface area (Å²) in [4.78, 5) is 24.3. The maximum Gasteiger partial charge on any atom is 0.232 e. The topological polar surface area (TPSA) is 93.5 Å². The molecule has 25 heavy (non-hydrogen) atoms. The van der Waals surface area contributed by atoms with E-state index in [1.54, 1.807) is 18.2 Å². The highest BCUT2D eigenvalue weighted by Crippen LogP contribution is 2.26. The van der Waals surface area contributed by atoms with Gasteiger partial charge in [0.2, 0.25) is 11.6 Å². The maximum absolute atomic E-state index is 12.9. The Bertz CT molecular complexity index is 890. The molecule has 0 amide bonds. The Morgan fingerprint density at radius 1 is 1.20 bits per heavy atom. The van der Waals surface area contributed by atoms with E-state index in [4.69, 9.17) is 10.2 Å². The molecule has 0 atom stereocenters. The first kappa shape index (κ1) is 16.9. The van der Waals surface area contributed by atoms with E-state index < -0.39 is 17.3 Å². The number of ketones is 2. The van der Waals surface area contributed by atoms with E-state index in [2.05, 4.69) is 0 Å². The van der Waals surface area contributed by atoms with Crippen molar-refractivity contribution in [3.8, 4) is 0 Å². The summed E-state index contributed by atoms with van der Waals surface area (Å²) >= 11 is 0. The van der Waals surface area contributed by atoms with Crippen LogP contribution in [0, 0.1) is 5.82 Å². The van der Waals surface area contributed by atoms with Crippen molar-refractivity contribution in [2.45, 2.75) is 12.8 Å². The molecule has 1 aromatic heterocycles.